The molecule has 0 heterocycles. The van der Waals surface area contributed by atoms with Gasteiger partial charge in [0.05, 0.1) is 7.11 Å². The lowest BCUT2D eigenvalue weighted by Gasteiger charge is -2.28. The summed E-state index contributed by atoms with van der Waals surface area (Å²) in [7, 11) is 1.68. The van der Waals surface area contributed by atoms with E-state index >= 15 is 0 Å². The van der Waals surface area contributed by atoms with Crippen LogP contribution in [-0.4, -0.2) is 18.4 Å². The van der Waals surface area contributed by atoms with Crippen LogP contribution in [-0.2, 0) is 6.42 Å². The first-order chi connectivity index (χ1) is 7.24. The van der Waals surface area contributed by atoms with E-state index in [9.17, 15) is 5.11 Å². The Morgan fingerprint density at radius 2 is 2.33 bits per heavy atom. The lowest BCUT2D eigenvalue weighted by atomic mass is 9.81. The van der Waals surface area contributed by atoms with E-state index in [4.69, 9.17) is 10.5 Å². The number of methoxy groups -OCH3 is 1. The van der Waals surface area contributed by atoms with Gasteiger partial charge in [-0.1, -0.05) is 12.1 Å². The van der Waals surface area contributed by atoms with Gasteiger partial charge in [0.2, 0.25) is 0 Å². The van der Waals surface area contributed by atoms with Crippen LogP contribution in [0.2, 0.25) is 0 Å². The van der Waals surface area contributed by atoms with Crippen molar-refractivity contribution in [2.75, 3.05) is 7.11 Å². The molecule has 0 radical (unpaired) electrons. The maximum absolute atomic E-state index is 9.52. The molecule has 3 nitrogen and oxygen atoms in total. The van der Waals surface area contributed by atoms with Gasteiger partial charge in [-0.3, -0.25) is 0 Å². The highest BCUT2D eigenvalue weighted by Crippen LogP contribution is 2.37. The van der Waals surface area contributed by atoms with Crippen molar-refractivity contribution in [1.82, 2.24) is 0 Å². The first kappa shape index (κ1) is 10.5. The maximum Gasteiger partial charge on any atom is 0.122 e. The Morgan fingerprint density at radius 1 is 1.53 bits per heavy atom. The summed E-state index contributed by atoms with van der Waals surface area (Å²) in [4.78, 5) is 0. The molecule has 0 amide bonds. The lowest BCUT2D eigenvalue weighted by Crippen LogP contribution is -2.30. The fourth-order valence-electron chi connectivity index (χ4n) is 2.40. The molecule has 1 aliphatic carbocycles. The van der Waals surface area contributed by atoms with E-state index in [1.807, 2.05) is 18.2 Å². The zero-order chi connectivity index (χ0) is 10.8. The van der Waals surface area contributed by atoms with Crippen LogP contribution >= 0.6 is 0 Å². The molecule has 1 aliphatic rings. The van der Waals surface area contributed by atoms with E-state index < -0.39 is 6.23 Å². The Morgan fingerprint density at radius 3 is 3.00 bits per heavy atom. The van der Waals surface area contributed by atoms with Crippen molar-refractivity contribution in [3.8, 4) is 5.75 Å². The third kappa shape index (κ3) is 1.85. The van der Waals surface area contributed by atoms with E-state index in [2.05, 4.69) is 0 Å². The van der Waals surface area contributed by atoms with Crippen LogP contribution in [0.25, 0.3) is 0 Å². The molecule has 2 unspecified atom stereocenters. The molecule has 2 atom stereocenters. The van der Waals surface area contributed by atoms with Gasteiger partial charge in [0, 0.05) is 5.92 Å². The Labute approximate surface area is 89.9 Å². The molecule has 0 aliphatic heterocycles. The van der Waals surface area contributed by atoms with Gasteiger partial charge < -0.3 is 15.6 Å². The first-order valence-corrected chi connectivity index (χ1v) is 5.33. The highest BCUT2D eigenvalue weighted by molar-refractivity contribution is 5.43. The summed E-state index contributed by atoms with van der Waals surface area (Å²) in [5.74, 6) is 0.974. The first-order valence-electron chi connectivity index (χ1n) is 5.33. The van der Waals surface area contributed by atoms with Crippen molar-refractivity contribution in [2.45, 2.75) is 31.4 Å². The van der Waals surface area contributed by atoms with Gasteiger partial charge in [-0.05, 0) is 36.5 Å². The Kier molecular flexibility index (Phi) is 2.93. The summed E-state index contributed by atoms with van der Waals surface area (Å²) in [6.45, 7) is 0. The predicted octanol–water partition coefficient (Wildman–Crippen LogP) is 1.39. The molecule has 0 spiro atoms. The van der Waals surface area contributed by atoms with Crippen molar-refractivity contribution < 1.29 is 9.84 Å². The number of benzene rings is 1. The van der Waals surface area contributed by atoms with E-state index in [-0.39, 0.29) is 5.92 Å². The highest BCUT2D eigenvalue weighted by atomic mass is 16.5. The number of hydrogen-bond donors (Lipinski definition) is 2. The Bertz CT molecular complexity index is 349. The monoisotopic (exact) mass is 207 g/mol. The molecule has 0 saturated heterocycles. The zero-order valence-electron chi connectivity index (χ0n) is 8.94. The fourth-order valence-corrected chi connectivity index (χ4v) is 2.40. The third-order valence-corrected chi connectivity index (χ3v) is 3.14. The summed E-state index contributed by atoms with van der Waals surface area (Å²) in [6.07, 6.45) is 2.27. The van der Waals surface area contributed by atoms with Crippen LogP contribution in [0.1, 0.15) is 29.9 Å². The molecular weight excluding hydrogens is 190 g/mol. The van der Waals surface area contributed by atoms with Crippen molar-refractivity contribution >= 4 is 0 Å². The van der Waals surface area contributed by atoms with Crippen LogP contribution in [0.4, 0.5) is 0 Å². The van der Waals surface area contributed by atoms with E-state index in [0.29, 0.717) is 0 Å². The molecule has 1 aromatic carbocycles. The van der Waals surface area contributed by atoms with Crippen molar-refractivity contribution in [3.05, 3.63) is 29.3 Å². The van der Waals surface area contributed by atoms with Crippen LogP contribution < -0.4 is 10.5 Å². The van der Waals surface area contributed by atoms with Gasteiger partial charge in [0.25, 0.3) is 0 Å². The number of aliphatic hydroxyl groups excluding tert-OH is 1. The van der Waals surface area contributed by atoms with E-state index in [1.54, 1.807) is 7.11 Å². The topological polar surface area (TPSA) is 55.5 Å². The van der Waals surface area contributed by atoms with Crippen LogP contribution in [0, 0.1) is 0 Å². The number of nitrogens with two attached hydrogens (primary N) is 1. The quantitative estimate of drug-likeness (QED) is 0.721. The Hall–Kier alpha value is -1.06. The minimum atomic E-state index is -0.767. The Balaban J connectivity index is 2.44. The summed E-state index contributed by atoms with van der Waals surface area (Å²) in [6, 6.07) is 5.96. The number of rotatable bonds is 2. The molecule has 3 heteroatoms. The van der Waals surface area contributed by atoms with Crippen molar-refractivity contribution in [1.29, 1.82) is 0 Å². The standard InChI is InChI=1S/C12H17NO2/c1-15-11-7-3-4-8-9(11)5-2-6-10(8)12(13)14/h3-4,7,10,12,14H,2,5-6,13H2,1H3. The summed E-state index contributed by atoms with van der Waals surface area (Å²) in [5.41, 5.74) is 7.95. The van der Waals surface area contributed by atoms with Gasteiger partial charge in [-0.15, -0.1) is 0 Å². The molecule has 0 saturated carbocycles. The van der Waals surface area contributed by atoms with Gasteiger partial charge >= 0.3 is 0 Å². The molecular formula is C12H17NO2. The van der Waals surface area contributed by atoms with Gasteiger partial charge in [-0.25, -0.2) is 0 Å². The maximum atomic E-state index is 9.52. The fraction of sp³-hybridized carbons (Fsp3) is 0.500. The number of ether oxygens (including phenoxy) is 1. The van der Waals surface area contributed by atoms with Crippen LogP contribution in [0.15, 0.2) is 18.2 Å². The average molecular weight is 207 g/mol. The molecule has 82 valence electrons. The van der Waals surface area contributed by atoms with Crippen molar-refractivity contribution in [3.63, 3.8) is 0 Å². The van der Waals surface area contributed by atoms with Crippen LogP contribution in [0.5, 0.6) is 5.75 Å². The van der Waals surface area contributed by atoms with Gasteiger partial charge in [0.15, 0.2) is 0 Å². The van der Waals surface area contributed by atoms with Gasteiger partial charge in [0.1, 0.15) is 12.0 Å². The molecule has 1 aromatic rings. The number of aliphatic hydroxyl groups is 1. The predicted molar refractivity (Wildman–Crippen MR) is 58.9 cm³/mol. The minimum absolute atomic E-state index is 0.0591. The second kappa shape index (κ2) is 4.21. The SMILES string of the molecule is COc1cccc2c1CCCC2C(N)O. The zero-order valence-corrected chi connectivity index (χ0v) is 8.94. The van der Waals surface area contributed by atoms with Crippen LogP contribution in [0.3, 0.4) is 0 Å². The average Bonchev–Trinajstić information content (AvgIpc) is 2.27. The second-order valence-corrected chi connectivity index (χ2v) is 4.02. The molecule has 0 bridgehead atoms. The number of fused-ring (bicyclic) bond motifs is 1. The summed E-state index contributed by atoms with van der Waals surface area (Å²) in [5, 5.41) is 9.52. The highest BCUT2D eigenvalue weighted by Gasteiger charge is 2.26. The largest absolute Gasteiger partial charge is 0.496 e. The molecule has 0 aromatic heterocycles. The third-order valence-electron chi connectivity index (χ3n) is 3.14. The second-order valence-electron chi connectivity index (χ2n) is 4.02. The number of hydrogen-bond acceptors (Lipinski definition) is 3. The van der Waals surface area contributed by atoms with Gasteiger partial charge in [-0.2, -0.15) is 0 Å². The summed E-state index contributed by atoms with van der Waals surface area (Å²) < 4.78 is 5.32. The van der Waals surface area contributed by atoms with E-state index in [0.717, 1.165) is 30.6 Å². The normalized spacial score (nSPS) is 21.9. The minimum Gasteiger partial charge on any atom is -0.496 e. The van der Waals surface area contributed by atoms with E-state index in [1.165, 1.54) is 5.56 Å². The molecule has 3 N–H and O–H groups in total. The smallest absolute Gasteiger partial charge is 0.122 e. The molecule has 2 rings (SSSR count). The summed E-state index contributed by atoms with van der Waals surface area (Å²) >= 11 is 0. The molecule has 0 fully saturated rings. The lowest BCUT2D eigenvalue weighted by molar-refractivity contribution is 0.141. The van der Waals surface area contributed by atoms with Crippen molar-refractivity contribution in [2.24, 2.45) is 5.73 Å². The molecule has 15 heavy (non-hydrogen) atoms.